The van der Waals surface area contributed by atoms with Crippen LogP contribution in [-0.4, -0.2) is 43.4 Å². The first-order chi connectivity index (χ1) is 15.0. The fourth-order valence-corrected chi connectivity index (χ4v) is 4.27. The number of urea groups is 1. The number of anilines is 2. The first-order valence-electron chi connectivity index (χ1n) is 9.94. The summed E-state index contributed by atoms with van der Waals surface area (Å²) < 4.78 is 39.4. The van der Waals surface area contributed by atoms with E-state index in [2.05, 4.69) is 10.6 Å². The molecule has 10 heteroatoms. The number of nitrogens with one attached hydrogen (secondary N) is 2. The fraction of sp³-hybridized carbons (Fsp3) is 0.318. The van der Waals surface area contributed by atoms with Gasteiger partial charge >= 0.3 is 12.2 Å². The lowest BCUT2D eigenvalue weighted by Crippen LogP contribution is -2.43. The second-order valence-corrected chi connectivity index (χ2v) is 8.06. The van der Waals surface area contributed by atoms with Gasteiger partial charge in [0.1, 0.15) is 12.1 Å². The highest BCUT2D eigenvalue weighted by atomic mass is 19.4. The maximum absolute atomic E-state index is 13.2. The lowest BCUT2D eigenvalue weighted by atomic mass is 9.92. The minimum atomic E-state index is -4.59. The van der Waals surface area contributed by atoms with Crippen LogP contribution in [0.15, 0.2) is 42.5 Å². The van der Waals surface area contributed by atoms with E-state index in [1.165, 1.54) is 6.07 Å². The Kier molecular flexibility index (Phi) is 5.10. The van der Waals surface area contributed by atoms with Crippen molar-refractivity contribution >= 4 is 29.2 Å². The fourth-order valence-electron chi connectivity index (χ4n) is 4.27. The van der Waals surface area contributed by atoms with Gasteiger partial charge in [-0.15, -0.1) is 0 Å². The molecule has 1 aliphatic carbocycles. The summed E-state index contributed by atoms with van der Waals surface area (Å²) in [5.41, 5.74) is -0.192. The van der Waals surface area contributed by atoms with Crippen LogP contribution in [0.5, 0.6) is 0 Å². The number of aryl methyl sites for hydroxylation is 1. The third-order valence-electron chi connectivity index (χ3n) is 5.80. The molecule has 1 saturated heterocycles. The third kappa shape index (κ3) is 3.55. The molecule has 1 spiro atoms. The number of carbonyl (C=O) groups excluding carboxylic acids is 3. The number of alkyl halides is 3. The van der Waals surface area contributed by atoms with E-state index in [1.807, 2.05) is 12.1 Å². The highest BCUT2D eigenvalue weighted by molar-refractivity contribution is 6.11. The van der Waals surface area contributed by atoms with Crippen LogP contribution in [0.4, 0.5) is 29.3 Å². The maximum Gasteiger partial charge on any atom is 0.416 e. The summed E-state index contributed by atoms with van der Waals surface area (Å²) in [6, 6.07) is 9.57. The van der Waals surface area contributed by atoms with Gasteiger partial charge in [-0.25, -0.2) is 4.79 Å². The summed E-state index contributed by atoms with van der Waals surface area (Å²) in [6.07, 6.45) is -3.59. The van der Waals surface area contributed by atoms with E-state index in [9.17, 15) is 27.6 Å². The van der Waals surface area contributed by atoms with Gasteiger partial charge in [-0.2, -0.15) is 13.2 Å². The van der Waals surface area contributed by atoms with Crippen molar-refractivity contribution < 1.29 is 27.6 Å². The zero-order chi connectivity index (χ0) is 23.3. The van der Waals surface area contributed by atoms with Crippen LogP contribution in [0.3, 0.4) is 0 Å². The number of benzene rings is 2. The molecule has 0 bridgehead atoms. The van der Waals surface area contributed by atoms with Crippen LogP contribution in [0.2, 0.25) is 0 Å². The molecule has 0 radical (unpaired) electrons. The smallest absolute Gasteiger partial charge is 0.376 e. The van der Waals surface area contributed by atoms with Crippen LogP contribution in [0.25, 0.3) is 0 Å². The van der Waals surface area contributed by atoms with E-state index >= 15 is 0 Å². The standard InChI is InChI=1S/C22H21F3N4O3/c1-28(2)17-8-7-14(22(23,24)25)11-16(17)26-18(30)12-29-19(31)21(27-20(29)32)10-9-13-5-3-4-6-15(13)21/h3-8,11H,9-10,12H2,1-2H3,(H,26,30)(H,27,32). The van der Waals surface area contributed by atoms with E-state index in [1.54, 1.807) is 31.1 Å². The number of amides is 4. The van der Waals surface area contributed by atoms with Gasteiger partial charge in [0.25, 0.3) is 5.91 Å². The molecule has 0 saturated carbocycles. The number of hydrogen-bond acceptors (Lipinski definition) is 4. The number of fused-ring (bicyclic) bond motifs is 2. The highest BCUT2D eigenvalue weighted by Crippen LogP contribution is 2.41. The zero-order valence-corrected chi connectivity index (χ0v) is 17.4. The third-order valence-corrected chi connectivity index (χ3v) is 5.80. The normalized spacial score (nSPS) is 19.8. The van der Waals surface area contributed by atoms with E-state index in [-0.39, 0.29) is 5.69 Å². The Labute approximate surface area is 182 Å². The Balaban J connectivity index is 1.56. The van der Waals surface area contributed by atoms with Gasteiger partial charge in [0.2, 0.25) is 5.91 Å². The Bertz CT molecular complexity index is 1120. The molecule has 1 fully saturated rings. The number of nitrogens with zero attached hydrogens (tertiary/aromatic N) is 2. The molecular formula is C22H21F3N4O3. The Morgan fingerprint density at radius 2 is 1.91 bits per heavy atom. The first-order valence-corrected chi connectivity index (χ1v) is 9.94. The topological polar surface area (TPSA) is 81.8 Å². The largest absolute Gasteiger partial charge is 0.416 e. The van der Waals surface area contributed by atoms with Gasteiger partial charge in [0, 0.05) is 14.1 Å². The molecular weight excluding hydrogens is 425 g/mol. The van der Waals surface area contributed by atoms with Crippen molar-refractivity contribution in [2.45, 2.75) is 24.6 Å². The number of imide groups is 1. The molecule has 1 aliphatic heterocycles. The van der Waals surface area contributed by atoms with Gasteiger partial charge in [-0.3, -0.25) is 14.5 Å². The predicted molar refractivity (Wildman–Crippen MR) is 111 cm³/mol. The predicted octanol–water partition coefficient (Wildman–Crippen LogP) is 3.10. The van der Waals surface area contributed by atoms with E-state index in [0.717, 1.165) is 22.6 Å². The van der Waals surface area contributed by atoms with Crippen molar-refractivity contribution in [1.82, 2.24) is 10.2 Å². The van der Waals surface area contributed by atoms with Gasteiger partial charge in [-0.1, -0.05) is 24.3 Å². The first kappa shape index (κ1) is 21.7. The summed E-state index contributed by atoms with van der Waals surface area (Å²) in [4.78, 5) is 40.7. The van der Waals surface area contributed by atoms with Crippen molar-refractivity contribution in [3.63, 3.8) is 0 Å². The lowest BCUT2D eigenvalue weighted by Gasteiger charge is -2.22. The maximum atomic E-state index is 13.2. The molecule has 7 nitrogen and oxygen atoms in total. The van der Waals surface area contributed by atoms with Crippen molar-refractivity contribution in [3.05, 3.63) is 59.2 Å². The Morgan fingerprint density at radius 1 is 1.19 bits per heavy atom. The van der Waals surface area contributed by atoms with Gasteiger partial charge in [0.15, 0.2) is 0 Å². The number of halogens is 3. The molecule has 2 aromatic carbocycles. The molecule has 168 valence electrons. The van der Waals surface area contributed by atoms with Crippen LogP contribution < -0.4 is 15.5 Å². The molecule has 0 aromatic heterocycles. The van der Waals surface area contributed by atoms with Crippen LogP contribution in [0.1, 0.15) is 23.1 Å². The summed E-state index contributed by atoms with van der Waals surface area (Å²) in [6.45, 7) is -0.613. The highest BCUT2D eigenvalue weighted by Gasteiger charge is 2.55. The van der Waals surface area contributed by atoms with Crippen molar-refractivity contribution in [2.24, 2.45) is 0 Å². The summed E-state index contributed by atoms with van der Waals surface area (Å²) >= 11 is 0. The van der Waals surface area contributed by atoms with Crippen molar-refractivity contribution in [3.8, 4) is 0 Å². The minimum Gasteiger partial charge on any atom is -0.376 e. The summed E-state index contributed by atoms with van der Waals surface area (Å²) in [7, 11) is 3.24. The average molecular weight is 446 g/mol. The molecule has 4 rings (SSSR count). The van der Waals surface area contributed by atoms with E-state index < -0.39 is 41.7 Å². The monoisotopic (exact) mass is 446 g/mol. The van der Waals surface area contributed by atoms with Gasteiger partial charge in [0.05, 0.1) is 16.9 Å². The average Bonchev–Trinajstić information content (AvgIpc) is 3.20. The molecule has 1 heterocycles. The molecule has 2 aliphatic rings. The number of hydrogen-bond donors (Lipinski definition) is 2. The molecule has 4 amide bonds. The SMILES string of the molecule is CN(C)c1ccc(C(F)(F)F)cc1NC(=O)CN1C(=O)NC2(CCc3ccccc32)C1=O. The lowest BCUT2D eigenvalue weighted by molar-refractivity contribution is -0.137. The second-order valence-electron chi connectivity index (χ2n) is 8.06. The van der Waals surface area contributed by atoms with Crippen LogP contribution in [0, 0.1) is 0 Å². The number of carbonyl (C=O) groups is 3. The molecule has 32 heavy (non-hydrogen) atoms. The van der Waals surface area contributed by atoms with Gasteiger partial charge < -0.3 is 15.5 Å². The molecule has 1 atom stereocenters. The molecule has 2 aromatic rings. The van der Waals surface area contributed by atoms with Crippen LogP contribution >= 0.6 is 0 Å². The van der Waals surface area contributed by atoms with Gasteiger partial charge in [-0.05, 0) is 42.2 Å². The van der Waals surface area contributed by atoms with Crippen molar-refractivity contribution in [1.29, 1.82) is 0 Å². The Hall–Kier alpha value is -3.56. The minimum absolute atomic E-state index is 0.0668. The Morgan fingerprint density at radius 3 is 2.59 bits per heavy atom. The summed E-state index contributed by atoms with van der Waals surface area (Å²) in [5.74, 6) is -1.32. The zero-order valence-electron chi connectivity index (χ0n) is 17.4. The van der Waals surface area contributed by atoms with Crippen molar-refractivity contribution in [2.75, 3.05) is 30.9 Å². The number of rotatable bonds is 4. The van der Waals surface area contributed by atoms with E-state index in [4.69, 9.17) is 0 Å². The quantitative estimate of drug-likeness (QED) is 0.708. The van der Waals surface area contributed by atoms with Crippen LogP contribution in [-0.2, 0) is 27.7 Å². The van der Waals surface area contributed by atoms with E-state index in [0.29, 0.717) is 24.1 Å². The molecule has 2 N–H and O–H groups in total. The second kappa shape index (κ2) is 7.54. The molecule has 1 unspecified atom stereocenters. The summed E-state index contributed by atoms with van der Waals surface area (Å²) in [5, 5.41) is 5.13.